The number of hydrogen-bond acceptors (Lipinski definition) is 0. The Labute approximate surface area is 276 Å². The van der Waals surface area contributed by atoms with Crippen molar-refractivity contribution in [1.82, 2.24) is 4.57 Å². The van der Waals surface area contributed by atoms with E-state index in [1.807, 2.05) is 0 Å². The molecule has 0 amide bonds. The van der Waals surface area contributed by atoms with Crippen molar-refractivity contribution in [3.63, 3.8) is 0 Å². The van der Waals surface area contributed by atoms with Crippen LogP contribution in [0.4, 0.5) is 0 Å². The van der Waals surface area contributed by atoms with Gasteiger partial charge >= 0.3 is 0 Å². The summed E-state index contributed by atoms with van der Waals surface area (Å²) < 4.78 is 2.41. The molecule has 0 aliphatic heterocycles. The topological polar surface area (TPSA) is 4.93 Å². The Bertz CT molecular complexity index is 2440. The number of hydrogen-bond donors (Lipinski definition) is 0. The van der Waals surface area contributed by atoms with E-state index in [9.17, 15) is 0 Å². The lowest BCUT2D eigenvalue weighted by Gasteiger charge is -2.22. The summed E-state index contributed by atoms with van der Waals surface area (Å²) in [5.41, 5.74) is 14.8. The molecule has 0 saturated heterocycles. The van der Waals surface area contributed by atoms with Gasteiger partial charge in [-0.15, -0.1) is 0 Å². The smallest absolute Gasteiger partial charge is 0.0547 e. The summed E-state index contributed by atoms with van der Waals surface area (Å²) in [7, 11) is 0. The highest BCUT2D eigenvalue weighted by Crippen LogP contribution is 2.48. The van der Waals surface area contributed by atoms with Crippen molar-refractivity contribution in [2.24, 2.45) is 0 Å². The summed E-state index contributed by atoms with van der Waals surface area (Å²) in [5.74, 6) is 0. The molecule has 1 heterocycles. The van der Waals surface area contributed by atoms with Crippen LogP contribution in [0.25, 0.3) is 60.5 Å². The first-order valence-electron chi connectivity index (χ1n) is 16.9. The van der Waals surface area contributed by atoms with Gasteiger partial charge in [-0.1, -0.05) is 135 Å². The maximum absolute atomic E-state index is 2.46. The molecule has 0 spiro atoms. The predicted molar refractivity (Wildman–Crippen MR) is 200 cm³/mol. The second-order valence-electron chi connectivity index (χ2n) is 13.7. The first-order chi connectivity index (χ1) is 23.1. The third kappa shape index (κ3) is 4.53. The van der Waals surface area contributed by atoms with Crippen molar-refractivity contribution in [2.75, 3.05) is 0 Å². The van der Waals surface area contributed by atoms with Gasteiger partial charge in [-0.25, -0.2) is 0 Å². The van der Waals surface area contributed by atoms with Crippen LogP contribution in [0.15, 0.2) is 152 Å². The van der Waals surface area contributed by atoms with Crippen molar-refractivity contribution in [1.29, 1.82) is 0 Å². The quantitative estimate of drug-likeness (QED) is 0.178. The van der Waals surface area contributed by atoms with Crippen LogP contribution in [0.5, 0.6) is 0 Å². The second kappa shape index (κ2) is 10.9. The van der Waals surface area contributed by atoms with E-state index >= 15 is 0 Å². The molecule has 9 rings (SSSR count). The van der Waals surface area contributed by atoms with E-state index in [4.69, 9.17) is 0 Å². The summed E-state index contributed by atoms with van der Waals surface area (Å²) in [6.07, 6.45) is 3.32. The van der Waals surface area contributed by atoms with Crippen molar-refractivity contribution >= 4 is 32.6 Å². The highest BCUT2D eigenvalue weighted by molar-refractivity contribution is 6.21. The Morgan fingerprint density at radius 1 is 0.489 bits per heavy atom. The minimum absolute atomic E-state index is 0.0599. The molecule has 7 aromatic carbocycles. The van der Waals surface area contributed by atoms with Gasteiger partial charge in [0, 0.05) is 21.9 Å². The average molecular weight is 604 g/mol. The molecule has 0 saturated carbocycles. The van der Waals surface area contributed by atoms with Crippen LogP contribution in [0.1, 0.15) is 42.5 Å². The molecule has 1 aliphatic carbocycles. The normalized spacial score (nSPS) is 13.3. The van der Waals surface area contributed by atoms with Gasteiger partial charge in [0.25, 0.3) is 0 Å². The fourth-order valence-corrected chi connectivity index (χ4v) is 8.09. The highest BCUT2D eigenvalue weighted by atomic mass is 15.0. The molecule has 8 aromatic rings. The lowest BCUT2D eigenvalue weighted by atomic mass is 9.82. The van der Waals surface area contributed by atoms with Gasteiger partial charge in [0.15, 0.2) is 0 Å². The summed E-state index contributed by atoms with van der Waals surface area (Å²) in [5, 5.41) is 5.19. The Hall–Kier alpha value is -5.40. The Morgan fingerprint density at radius 3 is 2.04 bits per heavy atom. The zero-order valence-electron chi connectivity index (χ0n) is 27.0. The van der Waals surface area contributed by atoms with Crippen LogP contribution >= 0.6 is 0 Å². The Kier molecular flexibility index (Phi) is 6.43. The van der Waals surface area contributed by atoms with E-state index in [0.717, 1.165) is 19.3 Å². The number of benzene rings is 7. The minimum atomic E-state index is 0.0599. The Balaban J connectivity index is 0.989. The molecule has 0 N–H and O–H groups in total. The van der Waals surface area contributed by atoms with Gasteiger partial charge in [-0.2, -0.15) is 0 Å². The van der Waals surface area contributed by atoms with Gasteiger partial charge in [-0.3, -0.25) is 0 Å². The molecule has 0 atom stereocenters. The summed E-state index contributed by atoms with van der Waals surface area (Å²) in [4.78, 5) is 0. The predicted octanol–water partition coefficient (Wildman–Crippen LogP) is 12.1. The average Bonchev–Trinajstić information content (AvgIpc) is 3.57. The maximum atomic E-state index is 2.46. The largest absolute Gasteiger partial charge is 0.309 e. The van der Waals surface area contributed by atoms with Gasteiger partial charge in [0.05, 0.1) is 11.0 Å². The molecule has 1 aromatic heterocycles. The summed E-state index contributed by atoms with van der Waals surface area (Å²) >= 11 is 0. The van der Waals surface area contributed by atoms with Crippen molar-refractivity contribution in [3.8, 4) is 27.9 Å². The molecular weight excluding hydrogens is 567 g/mol. The van der Waals surface area contributed by atoms with E-state index in [1.165, 1.54) is 82.8 Å². The van der Waals surface area contributed by atoms with Crippen molar-refractivity contribution in [3.05, 3.63) is 174 Å². The van der Waals surface area contributed by atoms with E-state index in [1.54, 1.807) is 0 Å². The first kappa shape index (κ1) is 27.9. The Morgan fingerprint density at radius 2 is 1.17 bits per heavy atom. The van der Waals surface area contributed by atoms with Crippen LogP contribution in [0, 0.1) is 0 Å². The third-order valence-corrected chi connectivity index (χ3v) is 10.5. The molecule has 0 fully saturated rings. The van der Waals surface area contributed by atoms with Crippen LogP contribution < -0.4 is 0 Å². The van der Waals surface area contributed by atoms with E-state index in [2.05, 4.69) is 170 Å². The van der Waals surface area contributed by atoms with E-state index in [-0.39, 0.29) is 5.41 Å². The molecule has 0 unspecified atom stereocenters. The lowest BCUT2D eigenvalue weighted by Crippen LogP contribution is -2.15. The lowest BCUT2D eigenvalue weighted by molar-refractivity contribution is 0.658. The molecular formula is C46H37N. The fraction of sp³-hybridized carbons (Fsp3) is 0.130. The second-order valence-corrected chi connectivity index (χ2v) is 13.7. The minimum Gasteiger partial charge on any atom is -0.309 e. The van der Waals surface area contributed by atoms with Gasteiger partial charge < -0.3 is 4.57 Å². The molecule has 1 heteroatoms. The highest BCUT2D eigenvalue weighted by Gasteiger charge is 2.35. The number of fused-ring (bicyclic) bond motifs is 8. The monoisotopic (exact) mass is 603 g/mol. The number of rotatable bonds is 6. The third-order valence-electron chi connectivity index (χ3n) is 10.5. The molecule has 226 valence electrons. The van der Waals surface area contributed by atoms with Crippen LogP contribution in [0.3, 0.4) is 0 Å². The number of aromatic nitrogens is 1. The fourth-order valence-electron chi connectivity index (χ4n) is 8.09. The van der Waals surface area contributed by atoms with Crippen molar-refractivity contribution < 1.29 is 0 Å². The molecule has 47 heavy (non-hydrogen) atoms. The summed E-state index contributed by atoms with van der Waals surface area (Å²) in [6.45, 7) is 4.73. The number of nitrogens with zero attached hydrogens (tertiary/aromatic N) is 1. The van der Waals surface area contributed by atoms with Crippen LogP contribution in [-0.4, -0.2) is 4.57 Å². The van der Waals surface area contributed by atoms with Gasteiger partial charge in [-0.05, 0) is 105 Å². The zero-order chi connectivity index (χ0) is 31.5. The molecule has 1 aliphatic rings. The van der Waals surface area contributed by atoms with E-state index < -0.39 is 0 Å². The van der Waals surface area contributed by atoms with Gasteiger partial charge in [0.1, 0.15) is 0 Å². The summed E-state index contributed by atoms with van der Waals surface area (Å²) in [6, 6.07) is 56.3. The maximum Gasteiger partial charge on any atom is 0.0547 e. The molecule has 0 radical (unpaired) electrons. The van der Waals surface area contributed by atoms with Crippen LogP contribution in [0.2, 0.25) is 0 Å². The number of aryl methyl sites for hydroxylation is 2. The van der Waals surface area contributed by atoms with Gasteiger partial charge in [0.2, 0.25) is 0 Å². The molecule has 0 bridgehead atoms. The van der Waals surface area contributed by atoms with Crippen LogP contribution in [-0.2, 0) is 18.3 Å². The zero-order valence-corrected chi connectivity index (χ0v) is 27.0. The number of para-hydroxylation sites is 1. The molecule has 1 nitrogen and oxygen atoms in total. The van der Waals surface area contributed by atoms with E-state index in [0.29, 0.717) is 0 Å². The standard InChI is InChI=1S/C46H37N/c1-46(2)41-18-9-8-17-38(41)39-26-21-32(29-42(39)46)12-10-11-31-19-22-33(23-20-31)35-25-27-43-40(30-35)45-37-16-7-6-13-34(37)24-28-44(45)47(43)36-14-4-3-5-15-36/h3-9,13-30H,10-12H2,1-2H3. The first-order valence-corrected chi connectivity index (χ1v) is 16.9. The van der Waals surface area contributed by atoms with Crippen molar-refractivity contribution in [2.45, 2.75) is 38.5 Å². The SMILES string of the molecule is CC1(C)c2ccccc2-c2ccc(CCCc3ccc(-c4ccc5c(c4)c4c6ccccc6ccc4n5-c4ccccc4)cc3)cc21.